The fourth-order valence-electron chi connectivity index (χ4n) is 3.91. The smallest absolute Gasteiger partial charge is 0.281 e. The molecule has 2 atom stereocenters. The Morgan fingerprint density at radius 3 is 2.80 bits per heavy atom. The van der Waals surface area contributed by atoms with E-state index in [1.165, 1.54) is 12.1 Å². The van der Waals surface area contributed by atoms with Gasteiger partial charge in [0.25, 0.3) is 5.24 Å². The van der Waals surface area contributed by atoms with Gasteiger partial charge in [-0.25, -0.2) is 4.39 Å². The number of ether oxygens (including phenoxy) is 3. The number of amides is 1. The SMILES string of the molecule is O=C(SCCO)N1CC[C@@H](c2ccc(F)cc2)[C@H](COc2ccc3c(c2)OCO3)C1. The average molecular weight is 434 g/mol. The lowest BCUT2D eigenvalue weighted by Crippen LogP contribution is -2.43. The number of carbonyl (C=O) groups excluding carboxylic acids is 1. The van der Waals surface area contributed by atoms with E-state index >= 15 is 0 Å². The van der Waals surface area contributed by atoms with Gasteiger partial charge in [0, 0.05) is 30.8 Å². The van der Waals surface area contributed by atoms with Crippen LogP contribution >= 0.6 is 11.8 Å². The molecule has 1 amide bonds. The maximum Gasteiger partial charge on any atom is 0.281 e. The van der Waals surface area contributed by atoms with Crippen molar-refractivity contribution in [2.24, 2.45) is 5.92 Å². The fraction of sp³-hybridized carbons (Fsp3) is 0.409. The minimum Gasteiger partial charge on any atom is -0.493 e. The Balaban J connectivity index is 1.47. The molecule has 2 aromatic rings. The van der Waals surface area contributed by atoms with Gasteiger partial charge >= 0.3 is 0 Å². The van der Waals surface area contributed by atoms with Gasteiger partial charge in [-0.2, -0.15) is 0 Å². The van der Waals surface area contributed by atoms with Gasteiger partial charge in [-0.15, -0.1) is 0 Å². The summed E-state index contributed by atoms with van der Waals surface area (Å²) < 4.78 is 30.2. The predicted octanol–water partition coefficient (Wildman–Crippen LogP) is 3.88. The van der Waals surface area contributed by atoms with Crippen LogP contribution in [-0.2, 0) is 0 Å². The van der Waals surface area contributed by atoms with Crippen molar-refractivity contribution in [3.63, 3.8) is 0 Å². The van der Waals surface area contributed by atoms with Crippen molar-refractivity contribution >= 4 is 17.0 Å². The standard InChI is InChI=1S/C22H24FNO5S/c23-17-3-1-15(2-4-17)19-7-8-24(22(26)30-10-9-25)12-16(19)13-27-18-5-6-20-21(11-18)29-14-28-20/h1-6,11,16,19,25H,7-10,12-14H2/t16-,19-/m0/s1. The largest absolute Gasteiger partial charge is 0.493 e. The minimum atomic E-state index is -0.264. The van der Waals surface area contributed by atoms with Crippen LogP contribution in [0.15, 0.2) is 42.5 Å². The molecule has 1 N–H and O–H groups in total. The Labute approximate surface area is 178 Å². The van der Waals surface area contributed by atoms with E-state index in [2.05, 4.69) is 0 Å². The van der Waals surface area contributed by atoms with Crippen molar-refractivity contribution in [1.29, 1.82) is 0 Å². The van der Waals surface area contributed by atoms with E-state index in [-0.39, 0.29) is 36.3 Å². The predicted molar refractivity (Wildman–Crippen MR) is 112 cm³/mol. The second-order valence-corrected chi connectivity index (χ2v) is 8.36. The number of hydrogen-bond donors (Lipinski definition) is 1. The van der Waals surface area contributed by atoms with Gasteiger partial charge in [0.1, 0.15) is 11.6 Å². The normalized spacial score (nSPS) is 20.3. The number of benzene rings is 2. The summed E-state index contributed by atoms with van der Waals surface area (Å²) in [5, 5.41) is 8.96. The number of carbonyl (C=O) groups is 1. The van der Waals surface area contributed by atoms with Gasteiger partial charge in [0.05, 0.1) is 13.2 Å². The van der Waals surface area contributed by atoms with E-state index in [0.29, 0.717) is 42.7 Å². The highest BCUT2D eigenvalue weighted by atomic mass is 32.2. The molecule has 6 nitrogen and oxygen atoms in total. The molecule has 0 unspecified atom stereocenters. The molecule has 0 radical (unpaired) electrons. The lowest BCUT2D eigenvalue weighted by Gasteiger charge is -2.38. The zero-order valence-corrected chi connectivity index (χ0v) is 17.3. The molecule has 2 aliphatic rings. The molecule has 30 heavy (non-hydrogen) atoms. The van der Waals surface area contributed by atoms with Crippen molar-refractivity contribution in [3.8, 4) is 17.2 Å². The number of aliphatic hydroxyl groups excluding tert-OH is 1. The van der Waals surface area contributed by atoms with Crippen LogP contribution in [0.1, 0.15) is 17.9 Å². The first-order chi connectivity index (χ1) is 14.6. The number of rotatable bonds is 6. The Hall–Kier alpha value is -2.45. The quantitative estimate of drug-likeness (QED) is 0.746. The molecule has 2 heterocycles. The molecule has 0 spiro atoms. The van der Waals surface area contributed by atoms with E-state index in [4.69, 9.17) is 19.3 Å². The Kier molecular flexibility index (Phi) is 6.64. The maximum atomic E-state index is 13.4. The number of thioether (sulfide) groups is 1. The molecule has 0 aromatic heterocycles. The van der Waals surface area contributed by atoms with Gasteiger partial charge in [0.15, 0.2) is 11.5 Å². The van der Waals surface area contributed by atoms with Gasteiger partial charge in [0.2, 0.25) is 6.79 Å². The van der Waals surface area contributed by atoms with E-state index in [9.17, 15) is 9.18 Å². The fourth-order valence-corrected chi connectivity index (χ4v) is 4.52. The maximum absolute atomic E-state index is 13.4. The molecule has 160 valence electrons. The summed E-state index contributed by atoms with van der Waals surface area (Å²) in [5.41, 5.74) is 1.05. The van der Waals surface area contributed by atoms with Crippen LogP contribution in [0.4, 0.5) is 9.18 Å². The molecule has 2 aliphatic heterocycles. The summed E-state index contributed by atoms with van der Waals surface area (Å²) >= 11 is 1.13. The molecule has 2 aromatic carbocycles. The van der Waals surface area contributed by atoms with Gasteiger partial charge in [-0.05, 0) is 42.2 Å². The summed E-state index contributed by atoms with van der Waals surface area (Å²) in [6.45, 7) is 1.76. The number of likely N-dealkylation sites (tertiary alicyclic amines) is 1. The molecule has 0 aliphatic carbocycles. The van der Waals surface area contributed by atoms with Crippen molar-refractivity contribution in [2.45, 2.75) is 12.3 Å². The number of halogens is 1. The minimum absolute atomic E-state index is 0.0287. The average Bonchev–Trinajstić information content (AvgIpc) is 3.24. The monoisotopic (exact) mass is 433 g/mol. The van der Waals surface area contributed by atoms with Crippen molar-refractivity contribution in [1.82, 2.24) is 4.90 Å². The number of fused-ring (bicyclic) bond motifs is 1. The molecule has 1 fully saturated rings. The van der Waals surface area contributed by atoms with Crippen LogP contribution in [-0.4, -0.2) is 54.1 Å². The van der Waals surface area contributed by atoms with Crippen LogP contribution in [0.25, 0.3) is 0 Å². The molecule has 4 rings (SSSR count). The van der Waals surface area contributed by atoms with Crippen molar-refractivity contribution in [2.75, 3.05) is 38.8 Å². The summed E-state index contributed by atoms with van der Waals surface area (Å²) in [6.07, 6.45) is 0.770. The first-order valence-corrected chi connectivity index (χ1v) is 10.9. The summed E-state index contributed by atoms with van der Waals surface area (Å²) in [6, 6.07) is 12.0. The second kappa shape index (κ2) is 9.57. The first-order valence-electron chi connectivity index (χ1n) is 9.94. The molecule has 0 bridgehead atoms. The Morgan fingerprint density at radius 1 is 1.20 bits per heavy atom. The highest BCUT2D eigenvalue weighted by molar-refractivity contribution is 8.13. The van der Waals surface area contributed by atoms with Crippen LogP contribution in [0.5, 0.6) is 17.2 Å². The third-order valence-corrected chi connectivity index (χ3v) is 6.31. The second-order valence-electron chi connectivity index (χ2n) is 7.32. The lowest BCUT2D eigenvalue weighted by molar-refractivity contribution is 0.133. The van der Waals surface area contributed by atoms with Crippen LogP contribution in [0.2, 0.25) is 0 Å². The van der Waals surface area contributed by atoms with Gasteiger partial charge in [-0.3, -0.25) is 4.79 Å². The highest BCUT2D eigenvalue weighted by Crippen LogP contribution is 2.37. The van der Waals surface area contributed by atoms with Gasteiger partial charge < -0.3 is 24.2 Å². The Morgan fingerprint density at radius 2 is 2.00 bits per heavy atom. The number of piperidine rings is 1. The van der Waals surface area contributed by atoms with Crippen LogP contribution in [0.3, 0.4) is 0 Å². The molecular weight excluding hydrogens is 409 g/mol. The van der Waals surface area contributed by atoms with Crippen molar-refractivity contribution in [3.05, 3.63) is 53.8 Å². The van der Waals surface area contributed by atoms with Gasteiger partial charge in [-0.1, -0.05) is 23.9 Å². The van der Waals surface area contributed by atoms with Crippen LogP contribution in [0, 0.1) is 11.7 Å². The third-order valence-electron chi connectivity index (χ3n) is 5.42. The number of hydrogen-bond acceptors (Lipinski definition) is 6. The summed E-state index contributed by atoms with van der Waals surface area (Å²) in [4.78, 5) is 14.3. The van der Waals surface area contributed by atoms with E-state index < -0.39 is 0 Å². The molecular formula is C22H24FNO5S. The molecule has 0 saturated carbocycles. The van der Waals surface area contributed by atoms with E-state index in [1.54, 1.807) is 6.07 Å². The third kappa shape index (κ3) is 4.82. The zero-order chi connectivity index (χ0) is 20.9. The topological polar surface area (TPSA) is 68.2 Å². The van der Waals surface area contributed by atoms with E-state index in [0.717, 1.165) is 23.7 Å². The number of aliphatic hydroxyl groups is 1. The molecule has 1 saturated heterocycles. The number of nitrogens with zero attached hydrogens (tertiary/aromatic N) is 1. The van der Waals surface area contributed by atoms with Crippen LogP contribution < -0.4 is 14.2 Å². The van der Waals surface area contributed by atoms with E-state index in [1.807, 2.05) is 29.2 Å². The summed E-state index contributed by atoms with van der Waals surface area (Å²) in [5.74, 6) is 2.36. The Bertz CT molecular complexity index is 878. The lowest BCUT2D eigenvalue weighted by atomic mass is 9.81. The summed E-state index contributed by atoms with van der Waals surface area (Å²) in [7, 11) is 0. The zero-order valence-electron chi connectivity index (χ0n) is 16.5. The first kappa shape index (κ1) is 20.8. The highest BCUT2D eigenvalue weighted by Gasteiger charge is 2.33. The molecule has 8 heteroatoms. The van der Waals surface area contributed by atoms with Crippen molar-refractivity contribution < 1.29 is 28.5 Å².